The number of phenols is 1. The summed E-state index contributed by atoms with van der Waals surface area (Å²) < 4.78 is 11.0. The first-order valence-electron chi connectivity index (χ1n) is 8.89. The van der Waals surface area contributed by atoms with Gasteiger partial charge in [-0.1, -0.05) is 30.3 Å². The molecule has 1 aliphatic rings. The Hall–Kier alpha value is -2.67. The van der Waals surface area contributed by atoms with Crippen molar-refractivity contribution in [3.63, 3.8) is 0 Å². The lowest BCUT2D eigenvalue weighted by Gasteiger charge is -2.32. The fourth-order valence-corrected chi connectivity index (χ4v) is 3.51. The van der Waals surface area contributed by atoms with Crippen LogP contribution < -0.4 is 5.63 Å². The number of benzene rings is 2. The molecule has 3 aromatic rings. The minimum absolute atomic E-state index is 0.104. The summed E-state index contributed by atoms with van der Waals surface area (Å²) >= 11 is 0. The van der Waals surface area contributed by atoms with Crippen LogP contribution in [0.5, 0.6) is 5.75 Å². The summed E-state index contributed by atoms with van der Waals surface area (Å²) in [5.41, 5.74) is 2.95. The first kappa shape index (κ1) is 17.7. The third kappa shape index (κ3) is 3.35. The van der Waals surface area contributed by atoms with Gasteiger partial charge in [-0.2, -0.15) is 0 Å². The van der Waals surface area contributed by atoms with Crippen molar-refractivity contribution in [2.75, 3.05) is 6.54 Å². The van der Waals surface area contributed by atoms with Gasteiger partial charge in [-0.25, -0.2) is 4.79 Å². The SMILES string of the molecule is Cc1c(O)ccc2c3c(c(=O)oc12)CN(C(O)OCc1ccccc1)CC3. The topological polar surface area (TPSA) is 83.1 Å². The van der Waals surface area contributed by atoms with Crippen molar-refractivity contribution in [3.8, 4) is 5.75 Å². The Morgan fingerprint density at radius 2 is 1.96 bits per heavy atom. The van der Waals surface area contributed by atoms with E-state index in [4.69, 9.17) is 9.15 Å². The maximum absolute atomic E-state index is 12.5. The fraction of sp³-hybridized carbons (Fsp3) is 0.286. The molecule has 2 heterocycles. The molecule has 0 saturated heterocycles. The Morgan fingerprint density at radius 1 is 1.19 bits per heavy atom. The van der Waals surface area contributed by atoms with Gasteiger partial charge in [0.15, 0.2) is 0 Å². The van der Waals surface area contributed by atoms with Gasteiger partial charge in [-0.15, -0.1) is 0 Å². The van der Waals surface area contributed by atoms with Gasteiger partial charge in [0, 0.05) is 24.0 Å². The van der Waals surface area contributed by atoms with Crippen LogP contribution in [0.25, 0.3) is 11.0 Å². The molecule has 0 aliphatic carbocycles. The van der Waals surface area contributed by atoms with Gasteiger partial charge in [0.1, 0.15) is 11.3 Å². The van der Waals surface area contributed by atoms with E-state index in [9.17, 15) is 15.0 Å². The van der Waals surface area contributed by atoms with Crippen LogP contribution in [0.15, 0.2) is 51.7 Å². The number of rotatable bonds is 4. The van der Waals surface area contributed by atoms with E-state index in [1.807, 2.05) is 30.3 Å². The standard InChI is InChI=1S/C21H21NO5/c1-13-18(23)8-7-16-15-9-10-22(11-17(15)20(24)27-19(13)16)21(25)26-12-14-5-3-2-4-6-14/h2-8,21,23,25H,9-12H2,1H3. The highest BCUT2D eigenvalue weighted by Crippen LogP contribution is 2.31. The van der Waals surface area contributed by atoms with E-state index in [1.165, 1.54) is 0 Å². The molecule has 27 heavy (non-hydrogen) atoms. The van der Waals surface area contributed by atoms with Crippen LogP contribution in [0, 0.1) is 6.92 Å². The molecule has 6 nitrogen and oxygen atoms in total. The Bertz CT molecular complexity index is 1030. The third-order valence-corrected chi connectivity index (χ3v) is 5.07. The first-order chi connectivity index (χ1) is 13.0. The van der Waals surface area contributed by atoms with E-state index in [0.717, 1.165) is 16.5 Å². The van der Waals surface area contributed by atoms with E-state index in [0.29, 0.717) is 29.7 Å². The predicted molar refractivity (Wildman–Crippen MR) is 100 cm³/mol. The highest BCUT2D eigenvalue weighted by atomic mass is 16.6. The van der Waals surface area contributed by atoms with Crippen molar-refractivity contribution in [1.82, 2.24) is 4.90 Å². The van der Waals surface area contributed by atoms with Crippen LogP contribution in [-0.2, 0) is 24.3 Å². The number of aromatic hydroxyl groups is 1. The van der Waals surface area contributed by atoms with Gasteiger partial charge >= 0.3 is 5.63 Å². The molecule has 1 unspecified atom stereocenters. The lowest BCUT2D eigenvalue weighted by atomic mass is 9.96. The number of aliphatic hydroxyl groups is 1. The molecule has 0 saturated carbocycles. The van der Waals surface area contributed by atoms with Gasteiger partial charge in [0.2, 0.25) is 6.41 Å². The number of aryl methyl sites for hydroxylation is 1. The van der Waals surface area contributed by atoms with Gasteiger partial charge < -0.3 is 19.4 Å². The molecular formula is C21H21NO5. The Morgan fingerprint density at radius 3 is 2.74 bits per heavy atom. The van der Waals surface area contributed by atoms with Gasteiger partial charge in [0.25, 0.3) is 0 Å². The number of phenolic OH excluding ortho intramolecular Hbond substituents is 1. The molecule has 1 aromatic heterocycles. The van der Waals surface area contributed by atoms with Crippen LogP contribution in [0.4, 0.5) is 0 Å². The van der Waals surface area contributed by atoms with Crippen LogP contribution >= 0.6 is 0 Å². The summed E-state index contributed by atoms with van der Waals surface area (Å²) in [6.45, 7) is 2.82. The Kier molecular flexibility index (Phi) is 4.70. The smallest absolute Gasteiger partial charge is 0.341 e. The molecule has 140 valence electrons. The second kappa shape index (κ2) is 7.15. The summed E-state index contributed by atoms with van der Waals surface area (Å²) in [5, 5.41) is 21.1. The zero-order valence-electron chi connectivity index (χ0n) is 15.0. The third-order valence-electron chi connectivity index (χ3n) is 5.07. The minimum Gasteiger partial charge on any atom is -0.508 e. The van der Waals surface area contributed by atoms with Crippen molar-refractivity contribution in [2.45, 2.75) is 32.9 Å². The quantitative estimate of drug-likeness (QED) is 0.545. The van der Waals surface area contributed by atoms with Crippen molar-refractivity contribution in [2.24, 2.45) is 0 Å². The summed E-state index contributed by atoms with van der Waals surface area (Å²) in [5.74, 6) is 0.104. The summed E-state index contributed by atoms with van der Waals surface area (Å²) in [6, 6.07) is 13.0. The Balaban J connectivity index is 1.57. The molecule has 1 aliphatic heterocycles. The van der Waals surface area contributed by atoms with Crippen molar-refractivity contribution < 1.29 is 19.4 Å². The largest absolute Gasteiger partial charge is 0.508 e. The van der Waals surface area contributed by atoms with E-state index in [1.54, 1.807) is 24.0 Å². The average molecular weight is 367 g/mol. The predicted octanol–water partition coefficient (Wildman–Crippen LogP) is 2.66. The number of ether oxygens (including phenoxy) is 1. The number of hydrogen-bond donors (Lipinski definition) is 2. The highest BCUT2D eigenvalue weighted by Gasteiger charge is 2.27. The molecule has 2 N–H and O–H groups in total. The van der Waals surface area contributed by atoms with Crippen LogP contribution in [-0.4, -0.2) is 28.1 Å². The fourth-order valence-electron chi connectivity index (χ4n) is 3.51. The lowest BCUT2D eigenvalue weighted by Crippen LogP contribution is -2.42. The van der Waals surface area contributed by atoms with Crippen molar-refractivity contribution in [3.05, 3.63) is 75.1 Å². The Labute approximate surface area is 156 Å². The molecule has 0 radical (unpaired) electrons. The molecule has 1 atom stereocenters. The monoisotopic (exact) mass is 367 g/mol. The van der Waals surface area contributed by atoms with Gasteiger partial charge in [0.05, 0.1) is 12.2 Å². The maximum Gasteiger partial charge on any atom is 0.341 e. The number of nitrogens with zero attached hydrogens (tertiary/aromatic N) is 1. The number of hydrogen-bond acceptors (Lipinski definition) is 6. The first-order valence-corrected chi connectivity index (χ1v) is 8.89. The normalized spacial score (nSPS) is 15.6. The second-order valence-corrected chi connectivity index (χ2v) is 6.78. The van der Waals surface area contributed by atoms with Crippen molar-refractivity contribution >= 4 is 11.0 Å². The molecule has 0 fully saturated rings. The summed E-state index contributed by atoms with van der Waals surface area (Å²) in [6.07, 6.45) is -0.511. The molecule has 2 aromatic carbocycles. The zero-order chi connectivity index (χ0) is 19.0. The molecule has 0 amide bonds. The lowest BCUT2D eigenvalue weighted by molar-refractivity contribution is -0.204. The molecule has 4 rings (SSSR count). The van der Waals surface area contributed by atoms with Crippen molar-refractivity contribution in [1.29, 1.82) is 0 Å². The highest BCUT2D eigenvalue weighted by molar-refractivity contribution is 5.85. The number of fused-ring (bicyclic) bond motifs is 3. The number of aliphatic hydroxyl groups excluding tert-OH is 1. The van der Waals surface area contributed by atoms with E-state index >= 15 is 0 Å². The van der Waals surface area contributed by atoms with E-state index in [-0.39, 0.29) is 18.9 Å². The minimum atomic E-state index is -1.10. The van der Waals surface area contributed by atoms with Gasteiger partial charge in [-0.3, -0.25) is 4.90 Å². The molecule has 0 bridgehead atoms. The van der Waals surface area contributed by atoms with E-state index < -0.39 is 12.0 Å². The van der Waals surface area contributed by atoms with Crippen LogP contribution in [0.1, 0.15) is 22.3 Å². The summed E-state index contributed by atoms with van der Waals surface area (Å²) in [4.78, 5) is 14.2. The van der Waals surface area contributed by atoms with Crippen LogP contribution in [0.3, 0.4) is 0 Å². The average Bonchev–Trinajstić information content (AvgIpc) is 2.70. The van der Waals surface area contributed by atoms with Crippen LogP contribution in [0.2, 0.25) is 0 Å². The van der Waals surface area contributed by atoms with E-state index in [2.05, 4.69) is 0 Å². The molecular weight excluding hydrogens is 346 g/mol. The summed E-state index contributed by atoms with van der Waals surface area (Å²) in [7, 11) is 0. The molecule has 6 heteroatoms. The second-order valence-electron chi connectivity index (χ2n) is 6.78. The maximum atomic E-state index is 12.5. The zero-order valence-corrected chi connectivity index (χ0v) is 15.0. The molecule has 0 spiro atoms. The van der Waals surface area contributed by atoms with Gasteiger partial charge in [-0.05, 0) is 36.6 Å².